The molecule has 0 unspecified atom stereocenters. The van der Waals surface area contributed by atoms with Crippen LogP contribution in [-0.4, -0.2) is 40.1 Å². The molecule has 0 fully saturated rings. The van der Waals surface area contributed by atoms with E-state index in [1.807, 2.05) is 0 Å². The van der Waals surface area contributed by atoms with Gasteiger partial charge in [-0.2, -0.15) is 0 Å². The number of methoxy groups -OCH3 is 1. The van der Waals surface area contributed by atoms with Gasteiger partial charge in [-0.25, -0.2) is 17.6 Å². The Balaban J connectivity index is 2.19. The highest BCUT2D eigenvalue weighted by Crippen LogP contribution is 2.21. The maximum absolute atomic E-state index is 13.3. The lowest BCUT2D eigenvalue weighted by Crippen LogP contribution is -2.25. The SMILES string of the molecule is COc1ccc(F)cc1COC(=O)c1cccc(S(=O)(=O)N(C)OC)c1. The summed E-state index contributed by atoms with van der Waals surface area (Å²) >= 11 is 0. The first-order valence-electron chi connectivity index (χ1n) is 7.42. The van der Waals surface area contributed by atoms with Crippen molar-refractivity contribution in [1.29, 1.82) is 0 Å². The zero-order valence-electron chi connectivity index (χ0n) is 14.4. The standard InChI is InChI=1S/C17H18FNO6S/c1-19(24-3)26(21,22)15-6-4-5-12(10-15)17(20)25-11-13-9-14(18)7-8-16(13)23-2/h4-10H,11H2,1-3H3. The summed E-state index contributed by atoms with van der Waals surface area (Å²) in [5, 5.41) is 0. The number of nitrogens with zero attached hydrogens (tertiary/aromatic N) is 1. The lowest BCUT2D eigenvalue weighted by atomic mass is 10.2. The molecule has 140 valence electrons. The maximum atomic E-state index is 13.3. The smallest absolute Gasteiger partial charge is 0.338 e. The second kappa shape index (κ2) is 8.26. The number of ether oxygens (including phenoxy) is 2. The summed E-state index contributed by atoms with van der Waals surface area (Å²) in [6, 6.07) is 9.18. The number of sulfonamides is 1. The Morgan fingerprint density at radius 2 is 1.88 bits per heavy atom. The molecular weight excluding hydrogens is 365 g/mol. The van der Waals surface area contributed by atoms with Crippen molar-refractivity contribution in [3.63, 3.8) is 0 Å². The monoisotopic (exact) mass is 383 g/mol. The van der Waals surface area contributed by atoms with Gasteiger partial charge in [0, 0.05) is 12.6 Å². The number of hydrogen-bond donors (Lipinski definition) is 0. The van der Waals surface area contributed by atoms with Crippen LogP contribution < -0.4 is 4.74 Å². The molecule has 0 atom stereocenters. The Hall–Kier alpha value is -2.49. The molecule has 9 heteroatoms. The average Bonchev–Trinajstić information content (AvgIpc) is 2.65. The molecule has 2 aromatic carbocycles. The minimum absolute atomic E-state index is 0.0333. The Kier molecular flexibility index (Phi) is 6.30. The van der Waals surface area contributed by atoms with E-state index in [0.717, 1.165) is 0 Å². The van der Waals surface area contributed by atoms with E-state index >= 15 is 0 Å². The quantitative estimate of drug-likeness (QED) is 0.539. The van der Waals surface area contributed by atoms with Gasteiger partial charge < -0.3 is 9.47 Å². The van der Waals surface area contributed by atoms with Gasteiger partial charge in [0.1, 0.15) is 18.2 Å². The van der Waals surface area contributed by atoms with E-state index in [1.165, 1.54) is 63.7 Å². The van der Waals surface area contributed by atoms with E-state index in [2.05, 4.69) is 0 Å². The van der Waals surface area contributed by atoms with Crippen LogP contribution in [0.4, 0.5) is 4.39 Å². The third kappa shape index (κ3) is 4.37. The van der Waals surface area contributed by atoms with Gasteiger partial charge in [-0.3, -0.25) is 4.84 Å². The first-order chi connectivity index (χ1) is 12.3. The van der Waals surface area contributed by atoms with E-state index in [4.69, 9.17) is 14.3 Å². The molecule has 0 saturated carbocycles. The van der Waals surface area contributed by atoms with Crippen LogP contribution in [0.3, 0.4) is 0 Å². The van der Waals surface area contributed by atoms with Gasteiger partial charge in [-0.15, -0.1) is 0 Å². The Labute approximate surface area is 150 Å². The van der Waals surface area contributed by atoms with Crippen LogP contribution in [0.25, 0.3) is 0 Å². The van der Waals surface area contributed by atoms with Crippen LogP contribution in [0.2, 0.25) is 0 Å². The summed E-state index contributed by atoms with van der Waals surface area (Å²) in [4.78, 5) is 16.8. The Morgan fingerprint density at radius 1 is 1.15 bits per heavy atom. The third-order valence-corrected chi connectivity index (χ3v) is 5.24. The second-order valence-corrected chi connectivity index (χ2v) is 7.09. The fourth-order valence-electron chi connectivity index (χ4n) is 2.12. The lowest BCUT2D eigenvalue weighted by Gasteiger charge is -2.14. The van der Waals surface area contributed by atoms with Crippen molar-refractivity contribution in [3.8, 4) is 5.75 Å². The van der Waals surface area contributed by atoms with Crippen molar-refractivity contribution < 1.29 is 31.9 Å². The highest BCUT2D eigenvalue weighted by molar-refractivity contribution is 7.89. The fraction of sp³-hybridized carbons (Fsp3) is 0.235. The summed E-state index contributed by atoms with van der Waals surface area (Å²) in [5.74, 6) is -0.877. The highest BCUT2D eigenvalue weighted by atomic mass is 32.2. The van der Waals surface area contributed by atoms with E-state index in [0.29, 0.717) is 15.8 Å². The number of halogens is 1. The molecule has 0 saturated heterocycles. The molecule has 2 rings (SSSR count). The lowest BCUT2D eigenvalue weighted by molar-refractivity contribution is -0.0258. The number of benzene rings is 2. The number of hydrogen-bond acceptors (Lipinski definition) is 6. The molecule has 0 heterocycles. The zero-order valence-corrected chi connectivity index (χ0v) is 15.2. The van der Waals surface area contributed by atoms with Gasteiger partial charge in [0.05, 0.1) is 24.7 Å². The summed E-state index contributed by atoms with van der Waals surface area (Å²) < 4.78 is 48.7. The maximum Gasteiger partial charge on any atom is 0.338 e. The van der Waals surface area contributed by atoms with Gasteiger partial charge in [0.15, 0.2) is 0 Å². The molecule has 0 aliphatic carbocycles. The van der Waals surface area contributed by atoms with Gasteiger partial charge in [0.2, 0.25) is 0 Å². The molecule has 0 aliphatic rings. The highest BCUT2D eigenvalue weighted by Gasteiger charge is 2.22. The first-order valence-corrected chi connectivity index (χ1v) is 8.86. The molecule has 0 aromatic heterocycles. The van der Waals surface area contributed by atoms with Crippen LogP contribution in [0.15, 0.2) is 47.4 Å². The number of carbonyl (C=O) groups excluding carboxylic acids is 1. The Bertz CT molecular complexity index is 900. The molecule has 7 nitrogen and oxygen atoms in total. The normalized spacial score (nSPS) is 11.4. The van der Waals surface area contributed by atoms with Crippen molar-refractivity contribution in [2.45, 2.75) is 11.5 Å². The molecular formula is C17H18FNO6S. The third-order valence-electron chi connectivity index (χ3n) is 3.56. The molecule has 0 radical (unpaired) electrons. The van der Waals surface area contributed by atoms with Gasteiger partial charge >= 0.3 is 5.97 Å². The zero-order chi connectivity index (χ0) is 19.3. The average molecular weight is 383 g/mol. The van der Waals surface area contributed by atoms with Crippen LogP contribution in [0.1, 0.15) is 15.9 Å². The minimum Gasteiger partial charge on any atom is -0.496 e. The minimum atomic E-state index is -3.89. The van der Waals surface area contributed by atoms with Crippen molar-refractivity contribution in [2.24, 2.45) is 0 Å². The van der Waals surface area contributed by atoms with E-state index in [9.17, 15) is 17.6 Å². The summed E-state index contributed by atoms with van der Waals surface area (Å²) in [5.41, 5.74) is 0.384. The van der Waals surface area contributed by atoms with Gasteiger partial charge in [0.25, 0.3) is 10.0 Å². The number of hydroxylamine groups is 1. The molecule has 0 amide bonds. The number of rotatable bonds is 7. The van der Waals surface area contributed by atoms with E-state index < -0.39 is 21.8 Å². The van der Waals surface area contributed by atoms with Crippen molar-refractivity contribution in [2.75, 3.05) is 21.3 Å². The molecule has 0 N–H and O–H groups in total. The molecule has 26 heavy (non-hydrogen) atoms. The largest absolute Gasteiger partial charge is 0.496 e. The second-order valence-electron chi connectivity index (χ2n) is 5.16. The molecule has 2 aromatic rings. The van der Waals surface area contributed by atoms with Gasteiger partial charge in [-0.05, 0) is 36.4 Å². The topological polar surface area (TPSA) is 82.1 Å². The van der Waals surface area contributed by atoms with Crippen molar-refractivity contribution >= 4 is 16.0 Å². The number of carbonyl (C=O) groups is 1. The summed E-state index contributed by atoms with van der Waals surface area (Å²) in [6.45, 7) is -0.227. The van der Waals surface area contributed by atoms with E-state index in [1.54, 1.807) is 0 Å². The van der Waals surface area contributed by atoms with Crippen LogP contribution in [0, 0.1) is 5.82 Å². The van der Waals surface area contributed by atoms with Gasteiger partial charge in [-0.1, -0.05) is 10.5 Å². The molecule has 0 aliphatic heterocycles. The Morgan fingerprint density at radius 3 is 2.54 bits per heavy atom. The molecule has 0 spiro atoms. The van der Waals surface area contributed by atoms with Crippen LogP contribution in [0.5, 0.6) is 5.75 Å². The summed E-state index contributed by atoms with van der Waals surface area (Å²) in [6.07, 6.45) is 0. The van der Waals surface area contributed by atoms with Crippen LogP contribution in [-0.2, 0) is 26.2 Å². The molecule has 0 bridgehead atoms. The predicted molar refractivity (Wildman–Crippen MR) is 90.5 cm³/mol. The van der Waals surface area contributed by atoms with E-state index in [-0.39, 0.29) is 17.1 Å². The number of esters is 1. The van der Waals surface area contributed by atoms with Crippen molar-refractivity contribution in [1.82, 2.24) is 4.47 Å². The predicted octanol–water partition coefficient (Wildman–Crippen LogP) is 2.37. The summed E-state index contributed by atoms with van der Waals surface area (Å²) in [7, 11) is -0.0358. The fourth-order valence-corrected chi connectivity index (χ4v) is 3.14. The first kappa shape index (κ1) is 19.8. The van der Waals surface area contributed by atoms with Crippen LogP contribution >= 0.6 is 0 Å². The van der Waals surface area contributed by atoms with Crippen molar-refractivity contribution in [3.05, 3.63) is 59.4 Å².